The van der Waals surface area contributed by atoms with Crippen LogP contribution in [0.4, 0.5) is 0 Å². The highest BCUT2D eigenvalue weighted by Crippen LogP contribution is 2.24. The highest BCUT2D eigenvalue weighted by molar-refractivity contribution is 9.10. The number of benzene rings is 1. The Balaban J connectivity index is 2.00. The van der Waals surface area contributed by atoms with Gasteiger partial charge in [-0.2, -0.15) is 0 Å². The Hall–Kier alpha value is -0.0500. The zero-order valence-electron chi connectivity index (χ0n) is 9.55. The Morgan fingerprint density at radius 1 is 1.38 bits per heavy atom. The zero-order chi connectivity index (χ0) is 11.5. The molecule has 0 atom stereocenters. The Morgan fingerprint density at radius 3 is 2.75 bits per heavy atom. The maximum Gasteiger partial charge on any atom is 0.0451 e. The second-order valence-corrected chi connectivity index (χ2v) is 6.02. The van der Waals surface area contributed by atoms with Crippen molar-refractivity contribution in [2.75, 3.05) is 13.1 Å². The Bertz CT molecular complexity index is 359. The van der Waals surface area contributed by atoms with Crippen molar-refractivity contribution in [2.45, 2.75) is 26.3 Å². The molecule has 2 rings (SSSR count). The van der Waals surface area contributed by atoms with E-state index in [1.54, 1.807) is 0 Å². The molecule has 1 aromatic rings. The summed E-state index contributed by atoms with van der Waals surface area (Å²) in [6, 6.07) is 6.08. The molecule has 1 saturated heterocycles. The maximum absolute atomic E-state index is 6.20. The lowest BCUT2D eigenvalue weighted by molar-refractivity contribution is 0.185. The molecule has 0 spiro atoms. The van der Waals surface area contributed by atoms with Crippen molar-refractivity contribution in [2.24, 2.45) is 5.92 Å². The van der Waals surface area contributed by atoms with Crippen LogP contribution in [0.2, 0.25) is 5.02 Å². The molecule has 0 saturated carbocycles. The minimum atomic E-state index is 0.877. The second-order valence-electron chi connectivity index (χ2n) is 4.69. The van der Waals surface area contributed by atoms with Crippen molar-refractivity contribution in [3.8, 4) is 0 Å². The summed E-state index contributed by atoms with van der Waals surface area (Å²) in [4.78, 5) is 2.49. The van der Waals surface area contributed by atoms with E-state index in [1.165, 1.54) is 31.5 Å². The molecule has 1 aliphatic heterocycles. The van der Waals surface area contributed by atoms with Gasteiger partial charge >= 0.3 is 0 Å². The molecule has 88 valence electrons. The molecule has 0 aromatic heterocycles. The van der Waals surface area contributed by atoms with E-state index in [1.807, 2.05) is 12.1 Å². The van der Waals surface area contributed by atoms with E-state index in [2.05, 4.69) is 33.8 Å². The Labute approximate surface area is 111 Å². The summed E-state index contributed by atoms with van der Waals surface area (Å²) < 4.78 is 1.11. The average molecular weight is 303 g/mol. The summed E-state index contributed by atoms with van der Waals surface area (Å²) in [5.41, 5.74) is 1.23. The van der Waals surface area contributed by atoms with Gasteiger partial charge in [-0.15, -0.1) is 0 Å². The molecule has 1 aromatic carbocycles. The third kappa shape index (κ3) is 3.22. The van der Waals surface area contributed by atoms with E-state index >= 15 is 0 Å². The third-order valence-corrected chi connectivity index (χ3v) is 4.14. The second kappa shape index (κ2) is 5.52. The van der Waals surface area contributed by atoms with E-state index in [9.17, 15) is 0 Å². The van der Waals surface area contributed by atoms with Gasteiger partial charge in [-0.25, -0.2) is 0 Å². The molecule has 3 heteroatoms. The molecule has 0 aliphatic carbocycles. The van der Waals surface area contributed by atoms with Crippen LogP contribution in [0, 0.1) is 5.92 Å². The molecule has 0 N–H and O–H groups in total. The molecular formula is C13H17BrClN. The molecule has 0 bridgehead atoms. The fourth-order valence-electron chi connectivity index (χ4n) is 2.13. The van der Waals surface area contributed by atoms with E-state index in [0.717, 1.165) is 22.0 Å². The number of rotatable bonds is 2. The molecule has 1 nitrogen and oxygen atoms in total. The van der Waals surface area contributed by atoms with Crippen molar-refractivity contribution >= 4 is 27.5 Å². The number of hydrogen-bond donors (Lipinski definition) is 0. The van der Waals surface area contributed by atoms with Crippen LogP contribution in [0.25, 0.3) is 0 Å². The average Bonchev–Trinajstić information content (AvgIpc) is 2.27. The molecule has 1 heterocycles. The number of hydrogen-bond acceptors (Lipinski definition) is 1. The van der Waals surface area contributed by atoms with Crippen LogP contribution >= 0.6 is 27.5 Å². The van der Waals surface area contributed by atoms with Gasteiger partial charge in [-0.3, -0.25) is 4.90 Å². The van der Waals surface area contributed by atoms with Gasteiger partial charge in [-0.1, -0.05) is 34.5 Å². The summed E-state index contributed by atoms with van der Waals surface area (Å²) >= 11 is 9.69. The van der Waals surface area contributed by atoms with Crippen LogP contribution in [0.15, 0.2) is 22.7 Å². The van der Waals surface area contributed by atoms with Gasteiger partial charge < -0.3 is 0 Å². The molecule has 16 heavy (non-hydrogen) atoms. The first-order valence-corrected chi connectivity index (χ1v) is 6.98. The number of piperidine rings is 1. The summed E-state index contributed by atoms with van der Waals surface area (Å²) in [5.74, 6) is 0.884. The van der Waals surface area contributed by atoms with Crippen LogP contribution in [0.1, 0.15) is 25.3 Å². The monoisotopic (exact) mass is 301 g/mol. The predicted octanol–water partition coefficient (Wildman–Crippen LogP) is 4.33. The van der Waals surface area contributed by atoms with Gasteiger partial charge in [0, 0.05) is 16.0 Å². The van der Waals surface area contributed by atoms with Crippen molar-refractivity contribution in [3.05, 3.63) is 33.3 Å². The molecular weight excluding hydrogens is 286 g/mol. The van der Waals surface area contributed by atoms with Gasteiger partial charge in [0.05, 0.1) is 0 Å². The first kappa shape index (κ1) is 12.4. The van der Waals surface area contributed by atoms with Gasteiger partial charge in [0.15, 0.2) is 0 Å². The summed E-state index contributed by atoms with van der Waals surface area (Å²) in [6.45, 7) is 5.71. The van der Waals surface area contributed by atoms with Gasteiger partial charge in [0.25, 0.3) is 0 Å². The van der Waals surface area contributed by atoms with Crippen molar-refractivity contribution in [1.82, 2.24) is 4.90 Å². The van der Waals surface area contributed by atoms with Crippen LogP contribution < -0.4 is 0 Å². The molecule has 1 aliphatic rings. The summed E-state index contributed by atoms with van der Waals surface area (Å²) in [6.07, 6.45) is 2.62. The molecule has 1 fully saturated rings. The van der Waals surface area contributed by atoms with Crippen LogP contribution in [-0.2, 0) is 6.54 Å². The SMILES string of the molecule is CC1CCN(Cc2cc(Br)ccc2Cl)CC1. The van der Waals surface area contributed by atoms with Crippen LogP contribution in [0.3, 0.4) is 0 Å². The number of nitrogens with zero attached hydrogens (tertiary/aromatic N) is 1. The maximum atomic E-state index is 6.20. The fraction of sp³-hybridized carbons (Fsp3) is 0.538. The fourth-order valence-corrected chi connectivity index (χ4v) is 2.71. The predicted molar refractivity (Wildman–Crippen MR) is 72.8 cm³/mol. The van der Waals surface area contributed by atoms with E-state index in [4.69, 9.17) is 11.6 Å². The smallest absolute Gasteiger partial charge is 0.0451 e. The third-order valence-electron chi connectivity index (χ3n) is 3.28. The molecule has 0 radical (unpaired) electrons. The number of halogens is 2. The van der Waals surface area contributed by atoms with E-state index in [0.29, 0.717) is 0 Å². The largest absolute Gasteiger partial charge is 0.299 e. The van der Waals surface area contributed by atoms with Crippen LogP contribution in [-0.4, -0.2) is 18.0 Å². The van der Waals surface area contributed by atoms with E-state index < -0.39 is 0 Å². The van der Waals surface area contributed by atoms with Crippen molar-refractivity contribution in [1.29, 1.82) is 0 Å². The quantitative estimate of drug-likeness (QED) is 0.786. The number of likely N-dealkylation sites (tertiary alicyclic amines) is 1. The highest BCUT2D eigenvalue weighted by Gasteiger charge is 2.16. The molecule has 0 amide bonds. The lowest BCUT2D eigenvalue weighted by Gasteiger charge is -2.30. The lowest BCUT2D eigenvalue weighted by atomic mass is 9.99. The van der Waals surface area contributed by atoms with E-state index in [-0.39, 0.29) is 0 Å². The van der Waals surface area contributed by atoms with Crippen molar-refractivity contribution < 1.29 is 0 Å². The minimum absolute atomic E-state index is 0.877. The Kier molecular flexibility index (Phi) is 4.28. The highest BCUT2D eigenvalue weighted by atomic mass is 79.9. The van der Waals surface area contributed by atoms with Gasteiger partial charge in [0.2, 0.25) is 0 Å². The van der Waals surface area contributed by atoms with Crippen molar-refractivity contribution in [3.63, 3.8) is 0 Å². The molecule has 0 unspecified atom stereocenters. The minimum Gasteiger partial charge on any atom is -0.299 e. The zero-order valence-corrected chi connectivity index (χ0v) is 11.9. The summed E-state index contributed by atoms with van der Waals surface area (Å²) in [5, 5.41) is 0.877. The lowest BCUT2D eigenvalue weighted by Crippen LogP contribution is -2.32. The summed E-state index contributed by atoms with van der Waals surface area (Å²) in [7, 11) is 0. The van der Waals surface area contributed by atoms with Crippen LogP contribution in [0.5, 0.6) is 0 Å². The standard InChI is InChI=1S/C13H17BrClN/c1-10-4-6-16(7-5-10)9-11-8-12(14)2-3-13(11)15/h2-3,8,10H,4-7,9H2,1H3. The van der Waals surface area contributed by atoms with Gasteiger partial charge in [-0.05, 0) is 55.6 Å². The Morgan fingerprint density at radius 2 is 2.06 bits per heavy atom. The van der Waals surface area contributed by atoms with Gasteiger partial charge in [0.1, 0.15) is 0 Å². The first-order valence-electron chi connectivity index (χ1n) is 5.81. The normalized spacial score (nSPS) is 18.9. The topological polar surface area (TPSA) is 3.24 Å². The first-order chi connectivity index (χ1) is 7.65.